The molecule has 1 atom stereocenters. The fourth-order valence-corrected chi connectivity index (χ4v) is 1.16. The van der Waals surface area contributed by atoms with E-state index in [0.717, 1.165) is 5.56 Å². The standard InChI is InChI=1S/C9H15N3O.C2H6/c1-2-9(13)6-3-4-8(12-11)7(10)5-6;1-2/h3-5,9,12-13H,2,10-11H2,1H3;1-2H3. The van der Waals surface area contributed by atoms with Crippen LogP contribution in [0.25, 0.3) is 0 Å². The Kier molecular flexibility index (Phi) is 6.49. The van der Waals surface area contributed by atoms with Crippen LogP contribution in [0.2, 0.25) is 0 Å². The first-order valence-corrected chi connectivity index (χ1v) is 5.23. The van der Waals surface area contributed by atoms with Gasteiger partial charge in [0.25, 0.3) is 0 Å². The molecule has 15 heavy (non-hydrogen) atoms. The minimum atomic E-state index is -0.450. The van der Waals surface area contributed by atoms with Gasteiger partial charge in [-0.15, -0.1) is 0 Å². The molecule has 1 aromatic carbocycles. The van der Waals surface area contributed by atoms with Gasteiger partial charge < -0.3 is 16.3 Å². The summed E-state index contributed by atoms with van der Waals surface area (Å²) in [7, 11) is 0. The number of rotatable bonds is 3. The highest BCUT2D eigenvalue weighted by Crippen LogP contribution is 2.23. The smallest absolute Gasteiger partial charge is 0.0788 e. The van der Waals surface area contributed by atoms with Gasteiger partial charge in [0.05, 0.1) is 17.5 Å². The van der Waals surface area contributed by atoms with Crippen molar-refractivity contribution in [1.29, 1.82) is 0 Å². The highest BCUT2D eigenvalue weighted by atomic mass is 16.3. The Morgan fingerprint density at radius 1 is 1.40 bits per heavy atom. The summed E-state index contributed by atoms with van der Waals surface area (Å²) in [6.07, 6.45) is 0.226. The molecule has 1 aromatic rings. The third kappa shape index (κ3) is 3.77. The van der Waals surface area contributed by atoms with Gasteiger partial charge in [0, 0.05) is 0 Å². The van der Waals surface area contributed by atoms with E-state index in [1.165, 1.54) is 0 Å². The summed E-state index contributed by atoms with van der Waals surface area (Å²) in [5.74, 6) is 5.22. The molecule has 0 spiro atoms. The van der Waals surface area contributed by atoms with Crippen molar-refractivity contribution in [3.05, 3.63) is 23.8 Å². The van der Waals surface area contributed by atoms with Crippen molar-refractivity contribution in [2.45, 2.75) is 33.3 Å². The molecule has 1 unspecified atom stereocenters. The van der Waals surface area contributed by atoms with Crippen LogP contribution in [0.1, 0.15) is 38.9 Å². The highest BCUT2D eigenvalue weighted by molar-refractivity contribution is 5.66. The van der Waals surface area contributed by atoms with Crippen LogP contribution >= 0.6 is 0 Å². The molecular formula is C11H21N3O. The zero-order chi connectivity index (χ0) is 11.8. The van der Waals surface area contributed by atoms with Gasteiger partial charge >= 0.3 is 0 Å². The van der Waals surface area contributed by atoms with Crippen molar-refractivity contribution >= 4 is 11.4 Å². The van der Waals surface area contributed by atoms with Gasteiger partial charge in [-0.25, -0.2) is 0 Å². The van der Waals surface area contributed by atoms with E-state index in [4.69, 9.17) is 11.6 Å². The minimum absolute atomic E-state index is 0.450. The van der Waals surface area contributed by atoms with E-state index in [1.54, 1.807) is 18.2 Å². The average molecular weight is 211 g/mol. The molecule has 0 heterocycles. The number of nitrogens with two attached hydrogens (primary N) is 2. The summed E-state index contributed by atoms with van der Waals surface area (Å²) in [6, 6.07) is 5.28. The molecule has 0 saturated heterocycles. The average Bonchev–Trinajstić information content (AvgIpc) is 2.30. The maximum atomic E-state index is 9.51. The molecular weight excluding hydrogens is 190 g/mol. The Morgan fingerprint density at radius 2 is 2.00 bits per heavy atom. The summed E-state index contributed by atoms with van der Waals surface area (Å²) in [6.45, 7) is 5.91. The van der Waals surface area contributed by atoms with E-state index >= 15 is 0 Å². The van der Waals surface area contributed by atoms with Crippen LogP contribution in [0.4, 0.5) is 11.4 Å². The summed E-state index contributed by atoms with van der Waals surface area (Å²) in [4.78, 5) is 0. The monoisotopic (exact) mass is 211 g/mol. The summed E-state index contributed by atoms with van der Waals surface area (Å²) in [5.41, 5.74) is 10.2. The molecule has 86 valence electrons. The van der Waals surface area contributed by atoms with Gasteiger partial charge in [-0.2, -0.15) is 0 Å². The summed E-state index contributed by atoms with van der Waals surface area (Å²) < 4.78 is 0. The quantitative estimate of drug-likeness (QED) is 0.350. The number of hydrogen-bond donors (Lipinski definition) is 4. The minimum Gasteiger partial charge on any atom is -0.397 e. The molecule has 0 aliphatic carbocycles. The highest BCUT2D eigenvalue weighted by Gasteiger charge is 2.06. The lowest BCUT2D eigenvalue weighted by Gasteiger charge is -2.11. The summed E-state index contributed by atoms with van der Waals surface area (Å²) >= 11 is 0. The fraction of sp³-hybridized carbons (Fsp3) is 0.455. The molecule has 0 aliphatic heterocycles. The Morgan fingerprint density at radius 3 is 2.40 bits per heavy atom. The number of aliphatic hydroxyl groups excluding tert-OH is 1. The predicted octanol–water partition coefficient (Wildman–Crippen LogP) is 2.02. The summed E-state index contributed by atoms with van der Waals surface area (Å²) in [5, 5.41) is 9.51. The maximum absolute atomic E-state index is 9.51. The zero-order valence-electron chi connectivity index (χ0n) is 9.62. The first-order chi connectivity index (χ1) is 7.19. The number of anilines is 2. The van der Waals surface area contributed by atoms with Crippen LogP contribution < -0.4 is 17.0 Å². The van der Waals surface area contributed by atoms with Crippen LogP contribution in [-0.2, 0) is 0 Å². The van der Waals surface area contributed by atoms with Gasteiger partial charge in [-0.1, -0.05) is 26.8 Å². The molecule has 6 N–H and O–H groups in total. The van der Waals surface area contributed by atoms with E-state index in [-0.39, 0.29) is 0 Å². The molecule has 0 radical (unpaired) electrons. The molecule has 0 saturated carbocycles. The molecule has 1 rings (SSSR count). The Bertz CT molecular complexity index is 289. The molecule has 0 fully saturated rings. The van der Waals surface area contributed by atoms with E-state index < -0.39 is 6.10 Å². The molecule has 4 nitrogen and oxygen atoms in total. The van der Waals surface area contributed by atoms with E-state index in [2.05, 4.69) is 5.43 Å². The number of benzene rings is 1. The molecule has 4 heteroatoms. The second-order valence-electron chi connectivity index (χ2n) is 2.92. The third-order valence-corrected chi connectivity index (χ3v) is 2.00. The first-order valence-electron chi connectivity index (χ1n) is 5.23. The maximum Gasteiger partial charge on any atom is 0.0788 e. The van der Waals surface area contributed by atoms with Crippen LogP contribution in [0.15, 0.2) is 18.2 Å². The zero-order valence-corrected chi connectivity index (χ0v) is 9.62. The van der Waals surface area contributed by atoms with Crippen molar-refractivity contribution in [2.75, 3.05) is 11.2 Å². The number of nitrogen functional groups attached to an aromatic ring is 2. The fourth-order valence-electron chi connectivity index (χ4n) is 1.16. The molecule has 0 bridgehead atoms. The van der Waals surface area contributed by atoms with Gasteiger partial charge in [-0.3, -0.25) is 5.84 Å². The van der Waals surface area contributed by atoms with Crippen molar-refractivity contribution in [3.8, 4) is 0 Å². The lowest BCUT2D eigenvalue weighted by atomic mass is 10.1. The van der Waals surface area contributed by atoms with Gasteiger partial charge in [0.2, 0.25) is 0 Å². The number of hydrogen-bond acceptors (Lipinski definition) is 4. The van der Waals surface area contributed by atoms with E-state index in [1.807, 2.05) is 20.8 Å². The number of aliphatic hydroxyl groups is 1. The molecule has 0 aliphatic rings. The van der Waals surface area contributed by atoms with Crippen molar-refractivity contribution < 1.29 is 5.11 Å². The van der Waals surface area contributed by atoms with Crippen LogP contribution in [0, 0.1) is 0 Å². The molecule has 0 amide bonds. The van der Waals surface area contributed by atoms with Gasteiger partial charge in [-0.05, 0) is 24.1 Å². The lowest BCUT2D eigenvalue weighted by Crippen LogP contribution is -2.09. The van der Waals surface area contributed by atoms with Crippen LogP contribution in [0.5, 0.6) is 0 Å². The topological polar surface area (TPSA) is 84.3 Å². The third-order valence-electron chi connectivity index (χ3n) is 2.00. The largest absolute Gasteiger partial charge is 0.397 e. The Labute approximate surface area is 91.3 Å². The van der Waals surface area contributed by atoms with E-state index in [9.17, 15) is 5.11 Å². The van der Waals surface area contributed by atoms with Gasteiger partial charge in [0.1, 0.15) is 0 Å². The van der Waals surface area contributed by atoms with Crippen LogP contribution in [0.3, 0.4) is 0 Å². The van der Waals surface area contributed by atoms with Crippen molar-refractivity contribution in [3.63, 3.8) is 0 Å². The number of hydrazine groups is 1. The Hall–Kier alpha value is -1.26. The van der Waals surface area contributed by atoms with Crippen molar-refractivity contribution in [2.24, 2.45) is 5.84 Å². The normalized spacial score (nSPS) is 11.3. The predicted molar refractivity (Wildman–Crippen MR) is 65.3 cm³/mol. The van der Waals surface area contributed by atoms with E-state index in [0.29, 0.717) is 17.8 Å². The molecule has 0 aromatic heterocycles. The Balaban J connectivity index is 0.000000921. The van der Waals surface area contributed by atoms with Gasteiger partial charge in [0.15, 0.2) is 0 Å². The SMILES string of the molecule is CC.CCC(O)c1ccc(NN)c(N)c1. The van der Waals surface area contributed by atoms with Crippen LogP contribution in [-0.4, -0.2) is 5.11 Å². The second-order valence-corrected chi connectivity index (χ2v) is 2.92. The number of nitrogens with one attached hydrogen (secondary N) is 1. The van der Waals surface area contributed by atoms with Crippen molar-refractivity contribution in [1.82, 2.24) is 0 Å². The first kappa shape index (κ1) is 13.7. The second kappa shape index (κ2) is 7.09. The lowest BCUT2D eigenvalue weighted by molar-refractivity contribution is 0.174.